The second-order valence-electron chi connectivity index (χ2n) is 4.92. The Morgan fingerprint density at radius 1 is 1.17 bits per heavy atom. The molecule has 6 heteroatoms. The molecule has 2 aromatic rings. The zero-order valence-electron chi connectivity index (χ0n) is 12.7. The smallest absolute Gasteiger partial charge is 0.363 e. The fraction of sp³-hybridized carbons (Fsp3) is 0.0556. The fourth-order valence-corrected chi connectivity index (χ4v) is 2.19. The van der Waals surface area contributed by atoms with E-state index in [0.717, 1.165) is 0 Å². The number of cyclic esters (lactones) is 1. The number of nitrogens with zero attached hydrogens (tertiary/aromatic N) is 1. The number of hydrogen-bond acceptors (Lipinski definition) is 5. The van der Waals surface area contributed by atoms with Crippen LogP contribution in [-0.2, 0) is 14.3 Å². The molecule has 1 aliphatic heterocycles. The number of ether oxygens (including phenoxy) is 2. The number of rotatable bonds is 3. The molecule has 0 unspecified atom stereocenters. The standard InChI is InChI=1S/C18H12FNO4/c1-23-17(21)14-5-3-2-4-12(14)10-15-18(22)24-16(20-15)11-6-8-13(19)9-7-11/h2-10H,1H3. The SMILES string of the molecule is COC(=O)c1ccccc1C=C1N=C(c2ccc(F)cc2)OC1=O. The van der Waals surface area contributed by atoms with E-state index in [2.05, 4.69) is 4.99 Å². The minimum absolute atomic E-state index is 0.0469. The summed E-state index contributed by atoms with van der Waals surface area (Å²) in [6.07, 6.45) is 1.45. The Balaban J connectivity index is 1.98. The number of esters is 2. The van der Waals surface area contributed by atoms with Crippen molar-refractivity contribution in [2.75, 3.05) is 7.11 Å². The van der Waals surface area contributed by atoms with Crippen LogP contribution in [0.15, 0.2) is 59.2 Å². The number of carbonyl (C=O) groups is 2. The maximum Gasteiger partial charge on any atom is 0.363 e. The normalized spacial score (nSPS) is 15.2. The third-order valence-corrected chi connectivity index (χ3v) is 3.37. The van der Waals surface area contributed by atoms with Crippen molar-refractivity contribution in [2.45, 2.75) is 0 Å². The summed E-state index contributed by atoms with van der Waals surface area (Å²) >= 11 is 0. The Hall–Kier alpha value is -3.28. The van der Waals surface area contributed by atoms with Crippen LogP contribution in [-0.4, -0.2) is 24.9 Å². The van der Waals surface area contributed by atoms with E-state index in [1.165, 1.54) is 37.5 Å². The third kappa shape index (κ3) is 3.08. The highest BCUT2D eigenvalue weighted by Gasteiger charge is 2.24. The van der Waals surface area contributed by atoms with Crippen molar-refractivity contribution in [2.24, 2.45) is 4.99 Å². The van der Waals surface area contributed by atoms with Gasteiger partial charge in [0.25, 0.3) is 0 Å². The van der Waals surface area contributed by atoms with Gasteiger partial charge in [-0.3, -0.25) is 0 Å². The maximum atomic E-state index is 13.0. The molecule has 0 atom stereocenters. The molecule has 0 N–H and O–H groups in total. The van der Waals surface area contributed by atoms with Gasteiger partial charge < -0.3 is 9.47 Å². The number of hydrogen-bond donors (Lipinski definition) is 0. The molecule has 1 aliphatic rings. The number of halogens is 1. The summed E-state index contributed by atoms with van der Waals surface area (Å²) in [5.74, 6) is -1.47. The second-order valence-corrected chi connectivity index (χ2v) is 4.92. The molecular formula is C18H12FNO4. The molecule has 2 aromatic carbocycles. The molecule has 3 rings (SSSR count). The summed E-state index contributed by atoms with van der Waals surface area (Å²) in [5.41, 5.74) is 1.33. The first-order valence-corrected chi connectivity index (χ1v) is 7.04. The lowest BCUT2D eigenvalue weighted by Gasteiger charge is -2.03. The van der Waals surface area contributed by atoms with E-state index in [4.69, 9.17) is 9.47 Å². The lowest BCUT2D eigenvalue weighted by molar-refractivity contribution is -0.129. The van der Waals surface area contributed by atoms with Crippen molar-refractivity contribution in [3.63, 3.8) is 0 Å². The van der Waals surface area contributed by atoms with E-state index in [1.54, 1.807) is 24.3 Å². The van der Waals surface area contributed by atoms with Gasteiger partial charge in [-0.25, -0.2) is 19.0 Å². The maximum absolute atomic E-state index is 13.0. The highest BCUT2D eigenvalue weighted by atomic mass is 19.1. The molecule has 1 heterocycles. The van der Waals surface area contributed by atoms with Crippen LogP contribution in [0, 0.1) is 5.82 Å². The molecule has 0 bridgehead atoms. The van der Waals surface area contributed by atoms with Crippen LogP contribution in [0.1, 0.15) is 21.5 Å². The van der Waals surface area contributed by atoms with Crippen molar-refractivity contribution >= 4 is 23.9 Å². The van der Waals surface area contributed by atoms with E-state index in [0.29, 0.717) is 16.7 Å². The molecule has 24 heavy (non-hydrogen) atoms. The van der Waals surface area contributed by atoms with Crippen LogP contribution in [0.3, 0.4) is 0 Å². The first-order valence-electron chi connectivity index (χ1n) is 7.04. The average molecular weight is 325 g/mol. The molecule has 5 nitrogen and oxygen atoms in total. The largest absolute Gasteiger partial charge is 0.465 e. The van der Waals surface area contributed by atoms with Crippen LogP contribution in [0.5, 0.6) is 0 Å². The first-order chi connectivity index (χ1) is 11.6. The predicted molar refractivity (Wildman–Crippen MR) is 84.8 cm³/mol. The van der Waals surface area contributed by atoms with E-state index < -0.39 is 17.8 Å². The van der Waals surface area contributed by atoms with Crippen molar-refractivity contribution in [1.82, 2.24) is 0 Å². The first kappa shape index (κ1) is 15.6. The number of aliphatic imine (C=N–C) groups is 1. The molecule has 0 saturated heterocycles. The van der Waals surface area contributed by atoms with E-state index in [-0.39, 0.29) is 11.6 Å². The highest BCUT2D eigenvalue weighted by molar-refractivity contribution is 6.13. The lowest BCUT2D eigenvalue weighted by Crippen LogP contribution is -2.06. The molecule has 0 amide bonds. The summed E-state index contributed by atoms with van der Waals surface area (Å²) in [4.78, 5) is 27.9. The number of carbonyl (C=O) groups excluding carboxylic acids is 2. The van der Waals surface area contributed by atoms with Gasteiger partial charge >= 0.3 is 11.9 Å². The van der Waals surface area contributed by atoms with Gasteiger partial charge in [-0.2, -0.15) is 0 Å². The lowest BCUT2D eigenvalue weighted by atomic mass is 10.1. The Bertz CT molecular complexity index is 869. The van der Waals surface area contributed by atoms with Gasteiger partial charge in [0, 0.05) is 5.56 Å². The zero-order chi connectivity index (χ0) is 17.1. The summed E-state index contributed by atoms with van der Waals surface area (Å²) in [5, 5.41) is 0. The molecule has 0 spiro atoms. The van der Waals surface area contributed by atoms with Crippen molar-refractivity contribution in [3.05, 3.63) is 76.7 Å². The highest BCUT2D eigenvalue weighted by Crippen LogP contribution is 2.21. The molecule has 120 valence electrons. The average Bonchev–Trinajstić information content (AvgIpc) is 2.96. The van der Waals surface area contributed by atoms with E-state index in [9.17, 15) is 14.0 Å². The van der Waals surface area contributed by atoms with Crippen LogP contribution in [0.4, 0.5) is 4.39 Å². The molecule has 0 aliphatic carbocycles. The zero-order valence-corrected chi connectivity index (χ0v) is 12.7. The Morgan fingerprint density at radius 2 is 1.88 bits per heavy atom. The molecular weight excluding hydrogens is 313 g/mol. The van der Waals surface area contributed by atoms with Gasteiger partial charge in [-0.05, 0) is 42.0 Å². The van der Waals surface area contributed by atoms with Crippen molar-refractivity contribution in [3.8, 4) is 0 Å². The van der Waals surface area contributed by atoms with Gasteiger partial charge in [-0.15, -0.1) is 0 Å². The van der Waals surface area contributed by atoms with Gasteiger partial charge in [-0.1, -0.05) is 18.2 Å². The summed E-state index contributed by atoms with van der Waals surface area (Å²) in [6.45, 7) is 0. The minimum Gasteiger partial charge on any atom is -0.465 e. The summed E-state index contributed by atoms with van der Waals surface area (Å²) < 4.78 is 22.8. The molecule has 0 fully saturated rings. The Morgan fingerprint density at radius 3 is 2.58 bits per heavy atom. The number of methoxy groups -OCH3 is 1. The third-order valence-electron chi connectivity index (χ3n) is 3.37. The quantitative estimate of drug-likeness (QED) is 0.643. The predicted octanol–water partition coefficient (Wildman–Crippen LogP) is 2.96. The topological polar surface area (TPSA) is 65.0 Å². The second kappa shape index (κ2) is 6.45. The monoisotopic (exact) mass is 325 g/mol. The molecule has 0 saturated carbocycles. The van der Waals surface area contributed by atoms with E-state index in [1.807, 2.05) is 0 Å². The van der Waals surface area contributed by atoms with Crippen molar-refractivity contribution < 1.29 is 23.5 Å². The minimum atomic E-state index is -0.644. The fourth-order valence-electron chi connectivity index (χ4n) is 2.19. The van der Waals surface area contributed by atoms with E-state index >= 15 is 0 Å². The molecule has 0 radical (unpaired) electrons. The van der Waals surface area contributed by atoms with Crippen molar-refractivity contribution in [1.29, 1.82) is 0 Å². The van der Waals surface area contributed by atoms with Crippen LogP contribution < -0.4 is 0 Å². The van der Waals surface area contributed by atoms with Gasteiger partial charge in [0.05, 0.1) is 12.7 Å². The van der Waals surface area contributed by atoms with Crippen LogP contribution in [0.25, 0.3) is 6.08 Å². The summed E-state index contributed by atoms with van der Waals surface area (Å²) in [6, 6.07) is 12.1. The molecule has 0 aromatic heterocycles. The van der Waals surface area contributed by atoms with Gasteiger partial charge in [0.1, 0.15) is 5.82 Å². The van der Waals surface area contributed by atoms with Crippen LogP contribution >= 0.6 is 0 Å². The van der Waals surface area contributed by atoms with Crippen LogP contribution in [0.2, 0.25) is 0 Å². The van der Waals surface area contributed by atoms with Gasteiger partial charge in [0.15, 0.2) is 5.70 Å². The number of benzene rings is 2. The summed E-state index contributed by atoms with van der Waals surface area (Å²) in [7, 11) is 1.28. The van der Waals surface area contributed by atoms with Gasteiger partial charge in [0.2, 0.25) is 5.90 Å². The Labute approximate surface area is 137 Å². The Kier molecular flexibility index (Phi) is 4.20.